The van der Waals surface area contributed by atoms with Crippen LogP contribution in [0.4, 0.5) is 0 Å². The summed E-state index contributed by atoms with van der Waals surface area (Å²) in [5.41, 5.74) is 2.84. The minimum absolute atomic E-state index is 0.105. The maximum atomic E-state index is 13.1. The van der Waals surface area contributed by atoms with Crippen molar-refractivity contribution in [1.82, 2.24) is 25.9 Å². The van der Waals surface area contributed by atoms with Gasteiger partial charge in [-0.2, -0.15) is 10.0 Å². The standard InChI is InChI=1S/C27H17N5O10/c1-10-16(20(33)29-31-22(35)14-5-3-12(26(39)40)7-18(14)24(31)37)9-17(11(2)28-10)21(34)30-32-23(36)15-6-4-13(27(41)42)8-19(15)25(32)38/h3-9H,1-2H3,(H,29,33)(H,30,34)(H,39,40)(H,41,42). The van der Waals surface area contributed by atoms with E-state index in [1.54, 1.807) is 0 Å². The van der Waals surface area contributed by atoms with Crippen molar-refractivity contribution < 1.29 is 48.6 Å². The Hall–Kier alpha value is -6.25. The van der Waals surface area contributed by atoms with E-state index in [1.165, 1.54) is 13.8 Å². The lowest BCUT2D eigenvalue weighted by Gasteiger charge is -2.18. The molecule has 2 aliphatic heterocycles. The van der Waals surface area contributed by atoms with Gasteiger partial charge in [-0.1, -0.05) is 0 Å². The van der Waals surface area contributed by atoms with Crippen LogP contribution in [0.1, 0.15) is 94.3 Å². The summed E-state index contributed by atoms with van der Waals surface area (Å²) in [5.74, 6) is -8.43. The second-order valence-electron chi connectivity index (χ2n) is 9.16. The first-order chi connectivity index (χ1) is 19.8. The number of aryl methyl sites for hydroxylation is 2. The fraction of sp³-hybridized carbons (Fsp3) is 0.0741. The van der Waals surface area contributed by atoms with Gasteiger partial charge in [0.05, 0.1) is 55.9 Å². The largest absolute Gasteiger partial charge is 0.478 e. The number of benzene rings is 2. The molecule has 0 fully saturated rings. The Bertz CT molecular complexity index is 1720. The van der Waals surface area contributed by atoms with E-state index in [2.05, 4.69) is 15.8 Å². The average molecular weight is 571 g/mol. The molecule has 0 saturated carbocycles. The maximum absolute atomic E-state index is 13.1. The number of pyridine rings is 1. The van der Waals surface area contributed by atoms with Crippen LogP contribution in [0.2, 0.25) is 0 Å². The molecule has 3 aromatic rings. The predicted molar refractivity (Wildman–Crippen MR) is 136 cm³/mol. The van der Waals surface area contributed by atoms with Crippen LogP contribution >= 0.6 is 0 Å². The van der Waals surface area contributed by atoms with E-state index < -0.39 is 47.4 Å². The number of carboxylic acid groups (broad SMARTS) is 2. The van der Waals surface area contributed by atoms with Crippen molar-refractivity contribution in [3.05, 3.63) is 98.4 Å². The fourth-order valence-corrected chi connectivity index (χ4v) is 4.46. The van der Waals surface area contributed by atoms with Crippen LogP contribution in [0, 0.1) is 13.8 Å². The Kier molecular flexibility index (Phi) is 6.34. The fourth-order valence-electron chi connectivity index (χ4n) is 4.46. The van der Waals surface area contributed by atoms with E-state index in [4.69, 9.17) is 10.2 Å². The molecule has 0 radical (unpaired) electrons. The van der Waals surface area contributed by atoms with Crippen LogP contribution in [0.15, 0.2) is 42.5 Å². The van der Waals surface area contributed by atoms with Crippen molar-refractivity contribution in [3.8, 4) is 0 Å². The molecule has 0 spiro atoms. The zero-order valence-corrected chi connectivity index (χ0v) is 21.5. The lowest BCUT2D eigenvalue weighted by molar-refractivity contribution is 0.0515. The summed E-state index contributed by atoms with van der Waals surface area (Å²) in [6.07, 6.45) is 0. The van der Waals surface area contributed by atoms with Gasteiger partial charge in [0, 0.05) is 0 Å². The summed E-state index contributed by atoms with van der Waals surface area (Å²) < 4.78 is 0. The highest BCUT2D eigenvalue weighted by Crippen LogP contribution is 2.25. The molecule has 5 rings (SSSR count). The number of carboxylic acids is 2. The number of hydrogen-bond donors (Lipinski definition) is 4. The monoisotopic (exact) mass is 571 g/mol. The zero-order valence-electron chi connectivity index (χ0n) is 21.5. The molecule has 2 aromatic carbocycles. The van der Waals surface area contributed by atoms with Crippen LogP contribution in [-0.4, -0.2) is 72.6 Å². The molecule has 3 heterocycles. The van der Waals surface area contributed by atoms with Gasteiger partial charge in [-0.15, -0.1) is 0 Å². The van der Waals surface area contributed by atoms with Crippen LogP contribution in [0.5, 0.6) is 0 Å². The van der Waals surface area contributed by atoms with Crippen molar-refractivity contribution in [3.63, 3.8) is 0 Å². The van der Waals surface area contributed by atoms with E-state index in [9.17, 15) is 38.4 Å². The van der Waals surface area contributed by atoms with Gasteiger partial charge in [0.25, 0.3) is 35.4 Å². The third kappa shape index (κ3) is 4.30. The molecule has 1 aromatic heterocycles. The van der Waals surface area contributed by atoms with Gasteiger partial charge < -0.3 is 10.2 Å². The number of aromatic nitrogens is 1. The summed E-state index contributed by atoms with van der Waals surface area (Å²) >= 11 is 0. The Morgan fingerprint density at radius 3 is 1.31 bits per heavy atom. The summed E-state index contributed by atoms with van der Waals surface area (Å²) in [6, 6.07) is 7.66. The second kappa shape index (κ2) is 9.74. The van der Waals surface area contributed by atoms with E-state index in [1.807, 2.05) is 0 Å². The molecule has 15 heteroatoms. The number of amides is 6. The smallest absolute Gasteiger partial charge is 0.335 e. The third-order valence-corrected chi connectivity index (χ3v) is 6.59. The number of hydrogen-bond acceptors (Lipinski definition) is 9. The minimum Gasteiger partial charge on any atom is -0.478 e. The van der Waals surface area contributed by atoms with E-state index >= 15 is 0 Å². The molecule has 2 aliphatic rings. The van der Waals surface area contributed by atoms with Gasteiger partial charge in [0.1, 0.15) is 0 Å². The topological polar surface area (TPSA) is 220 Å². The van der Waals surface area contributed by atoms with Gasteiger partial charge >= 0.3 is 11.9 Å². The van der Waals surface area contributed by atoms with E-state index in [-0.39, 0.29) is 55.9 Å². The molecule has 4 N–H and O–H groups in total. The number of imide groups is 2. The number of carbonyl (C=O) groups is 8. The molecule has 0 unspecified atom stereocenters. The second-order valence-corrected chi connectivity index (χ2v) is 9.16. The van der Waals surface area contributed by atoms with Crippen molar-refractivity contribution in [2.75, 3.05) is 0 Å². The van der Waals surface area contributed by atoms with Crippen molar-refractivity contribution in [2.45, 2.75) is 13.8 Å². The lowest BCUT2D eigenvalue weighted by atomic mass is 10.1. The number of rotatable bonds is 6. The van der Waals surface area contributed by atoms with Gasteiger partial charge in [0.2, 0.25) is 0 Å². The Labute approximate surface area is 234 Å². The Morgan fingerprint density at radius 2 is 0.952 bits per heavy atom. The van der Waals surface area contributed by atoms with Crippen molar-refractivity contribution in [2.24, 2.45) is 0 Å². The molecule has 210 valence electrons. The van der Waals surface area contributed by atoms with Crippen LogP contribution < -0.4 is 10.9 Å². The average Bonchev–Trinajstić information content (AvgIpc) is 3.32. The number of aromatic carboxylic acids is 2. The van der Waals surface area contributed by atoms with E-state index in [0.29, 0.717) is 10.0 Å². The van der Waals surface area contributed by atoms with Crippen molar-refractivity contribution >= 4 is 47.4 Å². The van der Waals surface area contributed by atoms with Crippen molar-refractivity contribution in [1.29, 1.82) is 0 Å². The molecule has 42 heavy (non-hydrogen) atoms. The van der Waals surface area contributed by atoms with Crippen LogP contribution in [0.25, 0.3) is 0 Å². The summed E-state index contributed by atoms with van der Waals surface area (Å²) in [5, 5.41) is 19.1. The predicted octanol–water partition coefficient (Wildman–Crippen LogP) is 0.977. The van der Waals surface area contributed by atoms with Gasteiger partial charge in [-0.25, -0.2) is 9.59 Å². The summed E-state index contributed by atoms with van der Waals surface area (Å²) in [4.78, 5) is 104. The number of nitrogens with zero attached hydrogens (tertiary/aromatic N) is 3. The number of hydrazine groups is 2. The number of fused-ring (bicyclic) bond motifs is 2. The van der Waals surface area contributed by atoms with E-state index in [0.717, 1.165) is 42.5 Å². The normalized spacial score (nSPS) is 13.7. The molecule has 0 atom stereocenters. The van der Waals surface area contributed by atoms with Crippen LogP contribution in [-0.2, 0) is 0 Å². The first-order valence-electron chi connectivity index (χ1n) is 11.9. The minimum atomic E-state index is -1.32. The van der Waals surface area contributed by atoms with Crippen LogP contribution in [0.3, 0.4) is 0 Å². The zero-order chi connectivity index (χ0) is 30.6. The molecule has 6 amide bonds. The Balaban J connectivity index is 1.38. The maximum Gasteiger partial charge on any atom is 0.335 e. The number of carbonyl (C=O) groups excluding carboxylic acids is 6. The van der Waals surface area contributed by atoms with Gasteiger partial charge in [-0.3, -0.25) is 44.6 Å². The molecule has 0 saturated heterocycles. The first kappa shape index (κ1) is 27.3. The molecule has 15 nitrogen and oxygen atoms in total. The molecule has 0 aliphatic carbocycles. The summed E-state index contributed by atoms with van der Waals surface area (Å²) in [6.45, 7) is 2.85. The molecular formula is C27H17N5O10. The highest BCUT2D eigenvalue weighted by molar-refractivity contribution is 6.23. The van der Waals surface area contributed by atoms with Gasteiger partial charge in [0.15, 0.2) is 0 Å². The Morgan fingerprint density at radius 1 is 0.595 bits per heavy atom. The highest BCUT2D eigenvalue weighted by atomic mass is 16.4. The SMILES string of the molecule is Cc1nc(C)c(C(=O)NN2C(=O)c3ccc(C(=O)O)cc3C2=O)cc1C(=O)NN1C(=O)c2ccc(C(=O)O)cc2C1=O. The van der Waals surface area contributed by atoms with Gasteiger partial charge in [-0.05, 0) is 56.3 Å². The molecular weight excluding hydrogens is 554 g/mol. The lowest BCUT2D eigenvalue weighted by Crippen LogP contribution is -2.47. The third-order valence-electron chi connectivity index (χ3n) is 6.59. The summed E-state index contributed by atoms with van der Waals surface area (Å²) in [7, 11) is 0. The first-order valence-corrected chi connectivity index (χ1v) is 11.9. The number of nitrogens with one attached hydrogen (secondary N) is 2. The quantitative estimate of drug-likeness (QED) is 0.305. The highest BCUT2D eigenvalue weighted by Gasteiger charge is 2.39. The molecule has 0 bridgehead atoms.